The van der Waals surface area contributed by atoms with Crippen molar-refractivity contribution in [1.82, 2.24) is 15.3 Å². The summed E-state index contributed by atoms with van der Waals surface area (Å²) in [4.78, 5) is 22.6. The molecule has 1 aromatic carbocycles. The molecular formula is C24H28F3N5O3. The molecule has 11 heteroatoms. The summed E-state index contributed by atoms with van der Waals surface area (Å²) < 4.78 is 45.0. The van der Waals surface area contributed by atoms with E-state index in [2.05, 4.69) is 20.3 Å². The number of anilines is 1. The van der Waals surface area contributed by atoms with Gasteiger partial charge in [-0.2, -0.15) is 18.2 Å². The van der Waals surface area contributed by atoms with Crippen LogP contribution in [0.5, 0.6) is 5.88 Å². The van der Waals surface area contributed by atoms with Gasteiger partial charge in [-0.3, -0.25) is 4.79 Å². The van der Waals surface area contributed by atoms with E-state index in [0.717, 1.165) is 31.2 Å². The molecule has 4 N–H and O–H groups in total. The maximum absolute atomic E-state index is 13.1. The van der Waals surface area contributed by atoms with Gasteiger partial charge in [0.1, 0.15) is 12.2 Å². The van der Waals surface area contributed by atoms with Crippen LogP contribution in [0.25, 0.3) is 0 Å². The molecule has 1 aromatic heterocycles. The van der Waals surface area contributed by atoms with Crippen LogP contribution in [-0.4, -0.2) is 45.4 Å². The number of aliphatic hydroxyl groups is 1. The van der Waals surface area contributed by atoms with E-state index in [4.69, 9.17) is 15.6 Å². The van der Waals surface area contributed by atoms with Crippen LogP contribution in [0.4, 0.5) is 24.7 Å². The Morgan fingerprint density at radius 1 is 1.17 bits per heavy atom. The predicted octanol–water partition coefficient (Wildman–Crippen LogP) is 3.75. The highest BCUT2D eigenvalue weighted by Crippen LogP contribution is 2.42. The van der Waals surface area contributed by atoms with Crippen molar-refractivity contribution in [2.75, 3.05) is 18.9 Å². The molecule has 0 radical (unpaired) electrons. The topological polar surface area (TPSA) is 123 Å². The van der Waals surface area contributed by atoms with E-state index in [1.165, 1.54) is 5.56 Å². The summed E-state index contributed by atoms with van der Waals surface area (Å²) in [6.45, 7) is 3.52. The summed E-state index contributed by atoms with van der Waals surface area (Å²) in [6.07, 6.45) is -0.777. The van der Waals surface area contributed by atoms with Gasteiger partial charge in [-0.05, 0) is 56.9 Å². The molecule has 2 heterocycles. The number of aliphatic hydroxyl groups excluding tert-OH is 1. The number of nitrogens with one attached hydrogen (secondary N) is 1. The molecule has 0 atom stereocenters. The van der Waals surface area contributed by atoms with Gasteiger partial charge < -0.3 is 20.9 Å². The van der Waals surface area contributed by atoms with E-state index in [1.54, 1.807) is 13.8 Å². The summed E-state index contributed by atoms with van der Waals surface area (Å²) in [6, 6.07) is 7.93. The summed E-state index contributed by atoms with van der Waals surface area (Å²) >= 11 is 0. The number of nitrogens with two attached hydrogens (primary N) is 1. The Balaban J connectivity index is 1.50. The minimum atomic E-state index is -4.75. The van der Waals surface area contributed by atoms with Gasteiger partial charge in [0.2, 0.25) is 17.6 Å². The molecule has 1 fully saturated rings. The van der Waals surface area contributed by atoms with Crippen LogP contribution in [0.2, 0.25) is 0 Å². The Kier molecular flexibility index (Phi) is 6.72. The summed E-state index contributed by atoms with van der Waals surface area (Å²) in [5.41, 5.74) is 7.21. The van der Waals surface area contributed by atoms with Crippen LogP contribution in [0, 0.1) is 5.92 Å². The number of nitrogen functional groups attached to an aromatic ring is 1. The predicted molar refractivity (Wildman–Crippen MR) is 124 cm³/mol. The second kappa shape index (κ2) is 9.44. The number of nitrogens with zero attached hydrogens (tertiary/aromatic N) is 3. The first-order valence-electron chi connectivity index (χ1n) is 11.5. The molecule has 188 valence electrons. The third-order valence-electron chi connectivity index (χ3n) is 6.51. The van der Waals surface area contributed by atoms with Crippen LogP contribution in [0.15, 0.2) is 29.3 Å². The molecule has 35 heavy (non-hydrogen) atoms. The molecule has 1 saturated carbocycles. The molecule has 0 saturated heterocycles. The van der Waals surface area contributed by atoms with Gasteiger partial charge in [-0.25, -0.2) is 9.98 Å². The first-order chi connectivity index (χ1) is 16.5. The molecule has 1 aliphatic carbocycles. The lowest BCUT2D eigenvalue weighted by Gasteiger charge is -2.33. The third kappa shape index (κ3) is 5.39. The van der Waals surface area contributed by atoms with Crippen molar-refractivity contribution in [3.63, 3.8) is 0 Å². The van der Waals surface area contributed by atoms with Crippen molar-refractivity contribution >= 4 is 23.1 Å². The third-order valence-corrected chi connectivity index (χ3v) is 6.51. The lowest BCUT2D eigenvalue weighted by Crippen LogP contribution is -2.41. The molecule has 4 rings (SSSR count). The van der Waals surface area contributed by atoms with E-state index >= 15 is 0 Å². The number of hydrogen-bond donors (Lipinski definition) is 3. The number of carbonyl (C=O) groups is 1. The highest BCUT2D eigenvalue weighted by atomic mass is 19.4. The quantitative estimate of drug-likeness (QED) is 0.586. The second-order valence-corrected chi connectivity index (χ2v) is 9.46. The van der Waals surface area contributed by atoms with Gasteiger partial charge in [-0.1, -0.05) is 24.3 Å². The number of halogens is 3. The van der Waals surface area contributed by atoms with Crippen LogP contribution in [0.3, 0.4) is 0 Å². The normalized spacial score (nSPS) is 21.5. The molecule has 8 nitrogen and oxygen atoms in total. The number of carbonyl (C=O) groups excluding carboxylic acids is 1. The van der Waals surface area contributed by atoms with Gasteiger partial charge >= 0.3 is 6.18 Å². The number of hydrogen-bond acceptors (Lipinski definition) is 7. The van der Waals surface area contributed by atoms with Gasteiger partial charge in [0.05, 0.1) is 5.71 Å². The molecule has 2 aromatic rings. The Hall–Kier alpha value is -3.21. The largest absolute Gasteiger partial charge is 0.463 e. The zero-order valence-corrected chi connectivity index (χ0v) is 19.5. The van der Waals surface area contributed by atoms with Crippen molar-refractivity contribution in [2.45, 2.75) is 57.2 Å². The van der Waals surface area contributed by atoms with Gasteiger partial charge in [0, 0.05) is 12.1 Å². The SMILES string of the molecule is CC1(C)Oc2nc(C(F)(F)F)nc(N)c2N=C1c1ccc(C2CCC(CNC(=O)CO)CC2)cc1. The van der Waals surface area contributed by atoms with Crippen molar-refractivity contribution in [3.8, 4) is 5.88 Å². The summed E-state index contributed by atoms with van der Waals surface area (Å²) in [5.74, 6) is -1.59. The Bertz CT molecular complexity index is 1120. The van der Waals surface area contributed by atoms with Gasteiger partial charge in [0.25, 0.3) is 0 Å². The zero-order valence-electron chi connectivity index (χ0n) is 19.5. The average molecular weight is 492 g/mol. The van der Waals surface area contributed by atoms with Crippen LogP contribution < -0.4 is 15.8 Å². The maximum atomic E-state index is 13.1. The zero-order chi connectivity index (χ0) is 25.4. The Labute approximate surface area is 200 Å². The lowest BCUT2D eigenvalue weighted by molar-refractivity contribution is -0.145. The molecular weight excluding hydrogens is 463 g/mol. The first-order valence-corrected chi connectivity index (χ1v) is 11.5. The number of fused-ring (bicyclic) bond motifs is 1. The Morgan fingerprint density at radius 3 is 2.43 bits per heavy atom. The van der Waals surface area contributed by atoms with Crippen LogP contribution in [-0.2, 0) is 11.0 Å². The number of ether oxygens (including phenoxy) is 1. The standard InChI is InChI=1S/C24H28F3N5O3/c1-23(2)19(30-18-20(28)31-22(24(25,26)27)32-21(18)35-23)16-9-7-15(8-10-16)14-5-3-13(4-6-14)11-29-17(34)12-33/h7-10,13-14,33H,3-6,11-12H2,1-2H3,(H,29,34)(H2,28,31,32). The van der Waals surface area contributed by atoms with Crippen molar-refractivity contribution < 1.29 is 27.8 Å². The fourth-order valence-electron chi connectivity index (χ4n) is 4.63. The van der Waals surface area contributed by atoms with Crippen molar-refractivity contribution in [3.05, 3.63) is 41.2 Å². The van der Waals surface area contributed by atoms with E-state index in [-0.39, 0.29) is 23.3 Å². The lowest BCUT2D eigenvalue weighted by atomic mass is 9.78. The number of benzene rings is 1. The molecule has 1 amide bonds. The number of rotatable bonds is 5. The Morgan fingerprint density at radius 2 is 1.83 bits per heavy atom. The highest BCUT2D eigenvalue weighted by Gasteiger charge is 2.40. The number of alkyl halides is 3. The molecule has 0 bridgehead atoms. The number of amides is 1. The van der Waals surface area contributed by atoms with Crippen molar-refractivity contribution in [1.29, 1.82) is 0 Å². The minimum absolute atomic E-state index is 0.0111. The highest BCUT2D eigenvalue weighted by molar-refractivity contribution is 6.09. The fraction of sp³-hybridized carbons (Fsp3) is 0.500. The maximum Gasteiger partial charge on any atom is 0.451 e. The van der Waals surface area contributed by atoms with Crippen LogP contribution in [0.1, 0.15) is 62.4 Å². The van der Waals surface area contributed by atoms with Crippen molar-refractivity contribution in [2.24, 2.45) is 10.9 Å². The first kappa shape index (κ1) is 24.9. The smallest absolute Gasteiger partial charge is 0.451 e. The number of aliphatic imine (C=N–C) groups is 1. The summed E-state index contributed by atoms with van der Waals surface area (Å²) in [5, 5.41) is 11.6. The van der Waals surface area contributed by atoms with E-state index < -0.39 is 24.2 Å². The second-order valence-electron chi connectivity index (χ2n) is 9.46. The summed E-state index contributed by atoms with van der Waals surface area (Å²) in [7, 11) is 0. The number of aromatic nitrogens is 2. The van der Waals surface area contributed by atoms with Gasteiger partial charge in [0.15, 0.2) is 11.5 Å². The van der Waals surface area contributed by atoms with Crippen LogP contribution >= 0.6 is 0 Å². The minimum Gasteiger partial charge on any atom is -0.463 e. The van der Waals surface area contributed by atoms with E-state index in [0.29, 0.717) is 24.1 Å². The van der Waals surface area contributed by atoms with Gasteiger partial charge in [-0.15, -0.1) is 0 Å². The van der Waals surface area contributed by atoms with E-state index in [9.17, 15) is 18.0 Å². The molecule has 0 unspecified atom stereocenters. The molecule has 1 aliphatic heterocycles. The molecule has 0 spiro atoms. The fourth-order valence-corrected chi connectivity index (χ4v) is 4.63. The average Bonchev–Trinajstić information content (AvgIpc) is 2.81. The molecule has 2 aliphatic rings. The monoisotopic (exact) mass is 491 g/mol. The van der Waals surface area contributed by atoms with E-state index in [1.807, 2.05) is 24.3 Å².